The number of carboxylic acids is 1. The molecule has 3 nitrogen and oxygen atoms in total. The smallest absolute Gasteiger partial charge is 0.335 e. The van der Waals surface area contributed by atoms with Crippen LogP contribution in [0.5, 0.6) is 0 Å². The Morgan fingerprint density at radius 3 is 2.40 bits per heavy atom. The van der Waals surface area contributed by atoms with Crippen LogP contribution in [0.15, 0.2) is 18.2 Å². The van der Waals surface area contributed by atoms with E-state index in [0.29, 0.717) is 5.56 Å². The van der Waals surface area contributed by atoms with E-state index in [1.807, 2.05) is 20.8 Å². The van der Waals surface area contributed by atoms with Crippen molar-refractivity contribution in [1.29, 1.82) is 5.26 Å². The summed E-state index contributed by atoms with van der Waals surface area (Å²) in [5.41, 5.74) is 1.30. The zero-order chi connectivity index (χ0) is 11.6. The molecule has 0 amide bonds. The fourth-order valence-electron chi connectivity index (χ4n) is 1.40. The van der Waals surface area contributed by atoms with E-state index < -0.39 is 5.97 Å². The van der Waals surface area contributed by atoms with Crippen LogP contribution >= 0.6 is 0 Å². The minimum absolute atomic E-state index is 0.221. The summed E-state index contributed by atoms with van der Waals surface area (Å²) in [7, 11) is 0. The number of benzene rings is 1. The molecule has 1 aromatic carbocycles. The number of aromatic carboxylic acids is 1. The number of nitrogens with zero attached hydrogens (tertiary/aromatic N) is 1. The average Bonchev–Trinajstić information content (AvgIpc) is 2.15. The highest BCUT2D eigenvalue weighted by Crippen LogP contribution is 2.26. The molecule has 0 unspecified atom stereocenters. The third-order valence-electron chi connectivity index (χ3n) is 2.19. The predicted molar refractivity (Wildman–Crippen MR) is 56.8 cm³/mol. The van der Waals surface area contributed by atoms with Crippen LogP contribution < -0.4 is 0 Å². The van der Waals surface area contributed by atoms with Crippen LogP contribution in [0.4, 0.5) is 0 Å². The van der Waals surface area contributed by atoms with Crippen molar-refractivity contribution in [2.24, 2.45) is 0 Å². The van der Waals surface area contributed by atoms with E-state index in [2.05, 4.69) is 6.07 Å². The van der Waals surface area contributed by atoms with Crippen molar-refractivity contribution in [1.82, 2.24) is 0 Å². The van der Waals surface area contributed by atoms with E-state index in [1.165, 1.54) is 6.07 Å². The van der Waals surface area contributed by atoms with E-state index in [9.17, 15) is 4.79 Å². The Hall–Kier alpha value is -1.82. The maximum atomic E-state index is 10.8. The molecule has 0 fully saturated rings. The third-order valence-corrected chi connectivity index (χ3v) is 2.19. The number of rotatable bonds is 1. The van der Waals surface area contributed by atoms with Gasteiger partial charge in [0.05, 0.1) is 17.2 Å². The Kier molecular flexibility index (Phi) is 2.81. The zero-order valence-corrected chi connectivity index (χ0v) is 9.03. The Labute approximate surface area is 89.0 Å². The summed E-state index contributed by atoms with van der Waals surface area (Å²) in [5.74, 6) is -0.968. The lowest BCUT2D eigenvalue weighted by molar-refractivity contribution is 0.0696. The van der Waals surface area contributed by atoms with E-state index in [0.717, 1.165) is 5.56 Å². The van der Waals surface area contributed by atoms with Gasteiger partial charge in [0, 0.05) is 0 Å². The second-order valence-corrected chi connectivity index (χ2v) is 4.43. The van der Waals surface area contributed by atoms with E-state index in [-0.39, 0.29) is 11.0 Å². The highest BCUT2D eigenvalue weighted by Gasteiger charge is 2.19. The van der Waals surface area contributed by atoms with Crippen LogP contribution in [-0.4, -0.2) is 11.1 Å². The molecule has 15 heavy (non-hydrogen) atoms. The second kappa shape index (κ2) is 3.74. The molecule has 0 bridgehead atoms. The highest BCUT2D eigenvalue weighted by molar-refractivity contribution is 5.88. The monoisotopic (exact) mass is 203 g/mol. The van der Waals surface area contributed by atoms with Crippen LogP contribution in [-0.2, 0) is 5.41 Å². The van der Waals surface area contributed by atoms with Gasteiger partial charge in [0.25, 0.3) is 0 Å². The summed E-state index contributed by atoms with van der Waals surface area (Å²) in [6, 6.07) is 6.66. The molecule has 0 aliphatic carbocycles. The lowest BCUT2D eigenvalue weighted by atomic mass is 9.83. The fourth-order valence-corrected chi connectivity index (χ4v) is 1.40. The van der Waals surface area contributed by atoms with Gasteiger partial charge in [-0.25, -0.2) is 4.79 Å². The average molecular weight is 203 g/mol. The topological polar surface area (TPSA) is 61.1 Å². The first-order valence-corrected chi connectivity index (χ1v) is 4.64. The first kappa shape index (κ1) is 11.3. The number of hydrogen-bond acceptors (Lipinski definition) is 2. The molecule has 1 rings (SSSR count). The first-order valence-electron chi connectivity index (χ1n) is 4.64. The molecule has 0 aliphatic rings. The van der Waals surface area contributed by atoms with Crippen LogP contribution in [0.3, 0.4) is 0 Å². The molecule has 1 aromatic rings. The number of hydrogen-bond donors (Lipinski definition) is 1. The van der Waals surface area contributed by atoms with Crippen LogP contribution in [0.2, 0.25) is 0 Å². The molecular formula is C12H13NO2. The SMILES string of the molecule is CC(C)(C)c1cc(C(=O)O)ccc1C#N. The summed E-state index contributed by atoms with van der Waals surface area (Å²) in [4.78, 5) is 10.8. The van der Waals surface area contributed by atoms with E-state index in [1.54, 1.807) is 12.1 Å². The van der Waals surface area contributed by atoms with Crippen LogP contribution in [0.1, 0.15) is 42.3 Å². The van der Waals surface area contributed by atoms with Gasteiger partial charge in [-0.15, -0.1) is 0 Å². The largest absolute Gasteiger partial charge is 0.478 e. The number of carbonyl (C=O) groups is 1. The van der Waals surface area contributed by atoms with Crippen molar-refractivity contribution >= 4 is 5.97 Å². The molecule has 0 spiro atoms. The summed E-state index contributed by atoms with van der Waals surface area (Å²) >= 11 is 0. The fraction of sp³-hybridized carbons (Fsp3) is 0.333. The van der Waals surface area contributed by atoms with Crippen molar-refractivity contribution in [2.45, 2.75) is 26.2 Å². The molecule has 0 heterocycles. The van der Waals surface area contributed by atoms with Crippen LogP contribution in [0.25, 0.3) is 0 Å². The Balaban J connectivity index is 3.40. The maximum Gasteiger partial charge on any atom is 0.335 e. The van der Waals surface area contributed by atoms with Crippen molar-refractivity contribution in [3.8, 4) is 6.07 Å². The van der Waals surface area contributed by atoms with E-state index >= 15 is 0 Å². The highest BCUT2D eigenvalue weighted by atomic mass is 16.4. The Morgan fingerprint density at radius 2 is 2.00 bits per heavy atom. The first-order chi connectivity index (χ1) is 6.86. The minimum Gasteiger partial charge on any atom is -0.478 e. The quantitative estimate of drug-likeness (QED) is 0.763. The zero-order valence-electron chi connectivity index (χ0n) is 9.03. The molecule has 0 aliphatic heterocycles. The van der Waals surface area contributed by atoms with Gasteiger partial charge in [-0.3, -0.25) is 0 Å². The summed E-state index contributed by atoms with van der Waals surface area (Å²) in [6.07, 6.45) is 0. The van der Waals surface area contributed by atoms with Gasteiger partial charge in [0.2, 0.25) is 0 Å². The van der Waals surface area contributed by atoms with Crippen molar-refractivity contribution in [2.75, 3.05) is 0 Å². The molecule has 78 valence electrons. The molecule has 0 radical (unpaired) electrons. The van der Waals surface area contributed by atoms with Gasteiger partial charge in [-0.05, 0) is 29.2 Å². The lowest BCUT2D eigenvalue weighted by Gasteiger charge is -2.20. The molecular weight excluding hydrogens is 190 g/mol. The molecule has 0 atom stereocenters. The van der Waals surface area contributed by atoms with Gasteiger partial charge in [-0.1, -0.05) is 20.8 Å². The molecule has 0 aromatic heterocycles. The van der Waals surface area contributed by atoms with E-state index in [4.69, 9.17) is 10.4 Å². The predicted octanol–water partition coefficient (Wildman–Crippen LogP) is 2.55. The van der Waals surface area contributed by atoms with Crippen molar-refractivity contribution in [3.63, 3.8) is 0 Å². The van der Waals surface area contributed by atoms with Crippen molar-refractivity contribution < 1.29 is 9.90 Å². The lowest BCUT2D eigenvalue weighted by Crippen LogP contribution is -2.14. The molecule has 3 heteroatoms. The summed E-state index contributed by atoms with van der Waals surface area (Å²) in [5, 5.41) is 17.8. The number of nitriles is 1. The molecule has 0 saturated carbocycles. The summed E-state index contributed by atoms with van der Waals surface area (Å²) in [6.45, 7) is 5.86. The second-order valence-electron chi connectivity index (χ2n) is 4.43. The van der Waals surface area contributed by atoms with Gasteiger partial charge in [0.1, 0.15) is 0 Å². The van der Waals surface area contributed by atoms with Gasteiger partial charge < -0.3 is 5.11 Å². The number of carboxylic acid groups (broad SMARTS) is 1. The molecule has 0 saturated heterocycles. The normalized spacial score (nSPS) is 10.8. The Bertz CT molecular complexity index is 436. The minimum atomic E-state index is -0.968. The van der Waals surface area contributed by atoms with Gasteiger partial charge in [0.15, 0.2) is 0 Å². The van der Waals surface area contributed by atoms with Crippen molar-refractivity contribution in [3.05, 3.63) is 34.9 Å². The Morgan fingerprint density at radius 1 is 1.40 bits per heavy atom. The van der Waals surface area contributed by atoms with Crippen LogP contribution in [0, 0.1) is 11.3 Å². The third kappa shape index (κ3) is 2.35. The maximum absolute atomic E-state index is 10.8. The standard InChI is InChI=1S/C12H13NO2/c1-12(2,3)10-6-8(11(14)15)4-5-9(10)7-13/h4-6H,1-3H3,(H,14,15). The summed E-state index contributed by atoms with van der Waals surface area (Å²) < 4.78 is 0. The van der Waals surface area contributed by atoms with Gasteiger partial charge in [-0.2, -0.15) is 5.26 Å². The van der Waals surface area contributed by atoms with Gasteiger partial charge >= 0.3 is 5.97 Å². The molecule has 1 N–H and O–H groups in total.